The number of para-hydroxylation sites is 1. The fourth-order valence-corrected chi connectivity index (χ4v) is 2.19. The molecule has 1 aromatic heterocycles. The summed E-state index contributed by atoms with van der Waals surface area (Å²) >= 11 is 0. The highest BCUT2D eigenvalue weighted by atomic mass is 16.3. The van der Waals surface area contributed by atoms with Crippen molar-refractivity contribution < 1.29 is 4.42 Å². The van der Waals surface area contributed by atoms with Crippen LogP contribution in [0.4, 0.5) is 5.69 Å². The van der Waals surface area contributed by atoms with Gasteiger partial charge in [-0.2, -0.15) is 0 Å². The van der Waals surface area contributed by atoms with Crippen LogP contribution in [-0.2, 0) is 6.54 Å². The number of guanidine groups is 1. The number of nitrogens with zero attached hydrogens (tertiary/aromatic N) is 1. The van der Waals surface area contributed by atoms with Gasteiger partial charge in [0.1, 0.15) is 17.9 Å². The van der Waals surface area contributed by atoms with Gasteiger partial charge >= 0.3 is 0 Å². The summed E-state index contributed by atoms with van der Waals surface area (Å²) < 4.78 is 5.70. The van der Waals surface area contributed by atoms with Crippen molar-refractivity contribution in [1.29, 1.82) is 0 Å². The first-order chi connectivity index (χ1) is 10.2. The molecule has 3 N–H and O–H groups in total. The molecular formula is C17H17N3O. The monoisotopic (exact) mass is 279 g/mol. The third kappa shape index (κ3) is 3.23. The first kappa shape index (κ1) is 13.2. The number of anilines is 1. The fraction of sp³-hybridized carbons (Fsp3) is 0.118. The molecule has 0 radical (unpaired) electrons. The van der Waals surface area contributed by atoms with E-state index in [1.54, 1.807) is 0 Å². The van der Waals surface area contributed by atoms with Crippen LogP contribution in [0.25, 0.3) is 11.0 Å². The van der Waals surface area contributed by atoms with Gasteiger partial charge in [0.25, 0.3) is 0 Å². The highest BCUT2D eigenvalue weighted by Crippen LogP contribution is 2.19. The first-order valence-electron chi connectivity index (χ1n) is 6.82. The van der Waals surface area contributed by atoms with E-state index < -0.39 is 0 Å². The van der Waals surface area contributed by atoms with Crippen LogP contribution < -0.4 is 11.1 Å². The van der Waals surface area contributed by atoms with Gasteiger partial charge < -0.3 is 15.5 Å². The summed E-state index contributed by atoms with van der Waals surface area (Å²) in [5.41, 5.74) is 8.87. The van der Waals surface area contributed by atoms with Gasteiger partial charge in [-0.25, -0.2) is 4.99 Å². The normalized spacial score (nSPS) is 11.8. The van der Waals surface area contributed by atoms with Gasteiger partial charge in [0.15, 0.2) is 5.96 Å². The van der Waals surface area contributed by atoms with Gasteiger partial charge in [0.2, 0.25) is 0 Å². The SMILES string of the molecule is Cc1cccc(NC(N)=NCc2cc3ccccc3o2)c1. The van der Waals surface area contributed by atoms with E-state index in [-0.39, 0.29) is 0 Å². The van der Waals surface area contributed by atoms with Crippen molar-refractivity contribution in [2.75, 3.05) is 5.32 Å². The largest absolute Gasteiger partial charge is 0.459 e. The second-order valence-electron chi connectivity index (χ2n) is 4.95. The Morgan fingerprint density at radius 1 is 1.14 bits per heavy atom. The molecule has 21 heavy (non-hydrogen) atoms. The first-order valence-corrected chi connectivity index (χ1v) is 6.82. The molecule has 0 bridgehead atoms. The van der Waals surface area contributed by atoms with Gasteiger partial charge in [-0.15, -0.1) is 0 Å². The Morgan fingerprint density at radius 2 is 2.00 bits per heavy atom. The molecule has 4 heteroatoms. The van der Waals surface area contributed by atoms with E-state index in [4.69, 9.17) is 10.2 Å². The quantitative estimate of drug-likeness (QED) is 0.568. The average molecular weight is 279 g/mol. The zero-order valence-electron chi connectivity index (χ0n) is 11.8. The van der Waals surface area contributed by atoms with Crippen molar-refractivity contribution in [1.82, 2.24) is 0 Å². The Hall–Kier alpha value is -2.75. The molecule has 106 valence electrons. The van der Waals surface area contributed by atoms with Crippen molar-refractivity contribution in [2.24, 2.45) is 10.7 Å². The summed E-state index contributed by atoms with van der Waals surface area (Å²) in [7, 11) is 0. The smallest absolute Gasteiger partial charge is 0.193 e. The number of aryl methyl sites for hydroxylation is 1. The van der Waals surface area contributed by atoms with Gasteiger partial charge in [-0.3, -0.25) is 0 Å². The molecule has 0 amide bonds. The molecular weight excluding hydrogens is 262 g/mol. The van der Waals surface area contributed by atoms with Crippen LogP contribution in [0, 0.1) is 6.92 Å². The number of nitrogens with one attached hydrogen (secondary N) is 1. The third-order valence-corrected chi connectivity index (χ3v) is 3.17. The molecule has 0 unspecified atom stereocenters. The van der Waals surface area contributed by atoms with E-state index in [9.17, 15) is 0 Å². The summed E-state index contributed by atoms with van der Waals surface area (Å²) in [6.45, 7) is 2.45. The maximum Gasteiger partial charge on any atom is 0.193 e. The van der Waals surface area contributed by atoms with Crippen LogP contribution in [0.1, 0.15) is 11.3 Å². The van der Waals surface area contributed by atoms with Crippen molar-refractivity contribution in [3.8, 4) is 0 Å². The summed E-state index contributed by atoms with van der Waals surface area (Å²) in [5.74, 6) is 1.17. The number of rotatable bonds is 3. The minimum absolute atomic E-state index is 0.376. The Bertz CT molecular complexity index is 756. The van der Waals surface area contributed by atoms with Crippen LogP contribution in [-0.4, -0.2) is 5.96 Å². The third-order valence-electron chi connectivity index (χ3n) is 3.17. The number of benzene rings is 2. The maximum absolute atomic E-state index is 5.90. The second kappa shape index (κ2) is 5.71. The topological polar surface area (TPSA) is 63.5 Å². The lowest BCUT2D eigenvalue weighted by Crippen LogP contribution is -2.22. The fourth-order valence-electron chi connectivity index (χ4n) is 2.19. The van der Waals surface area contributed by atoms with Crippen molar-refractivity contribution in [3.63, 3.8) is 0 Å². The summed E-state index contributed by atoms with van der Waals surface area (Å²) in [4.78, 5) is 4.30. The lowest BCUT2D eigenvalue weighted by atomic mass is 10.2. The number of hydrogen-bond acceptors (Lipinski definition) is 2. The molecule has 0 aliphatic rings. The van der Waals surface area contributed by atoms with Crippen molar-refractivity contribution in [2.45, 2.75) is 13.5 Å². The van der Waals surface area contributed by atoms with E-state index in [1.807, 2.05) is 61.5 Å². The van der Waals surface area contributed by atoms with E-state index in [0.29, 0.717) is 12.5 Å². The lowest BCUT2D eigenvalue weighted by molar-refractivity contribution is 0.553. The van der Waals surface area contributed by atoms with E-state index >= 15 is 0 Å². The molecule has 3 rings (SSSR count). The Morgan fingerprint density at radius 3 is 2.81 bits per heavy atom. The predicted molar refractivity (Wildman–Crippen MR) is 86.3 cm³/mol. The summed E-state index contributed by atoms with van der Waals surface area (Å²) in [6, 6.07) is 17.9. The molecule has 0 aliphatic carbocycles. The van der Waals surface area contributed by atoms with Crippen molar-refractivity contribution >= 4 is 22.6 Å². The zero-order valence-corrected chi connectivity index (χ0v) is 11.8. The minimum Gasteiger partial charge on any atom is -0.459 e. The maximum atomic E-state index is 5.90. The lowest BCUT2D eigenvalue weighted by Gasteiger charge is -2.05. The van der Waals surface area contributed by atoms with E-state index in [0.717, 1.165) is 22.4 Å². The average Bonchev–Trinajstić information content (AvgIpc) is 2.88. The van der Waals surface area contributed by atoms with Crippen molar-refractivity contribution in [3.05, 3.63) is 65.9 Å². The van der Waals surface area contributed by atoms with Crippen LogP contribution in [0.15, 0.2) is 64.0 Å². The Kier molecular flexibility index (Phi) is 3.60. The van der Waals surface area contributed by atoms with Gasteiger partial charge in [-0.05, 0) is 36.8 Å². The Balaban J connectivity index is 1.70. The van der Waals surface area contributed by atoms with Gasteiger partial charge in [0.05, 0.1) is 0 Å². The molecule has 0 spiro atoms. The zero-order chi connectivity index (χ0) is 14.7. The predicted octanol–water partition coefficient (Wildman–Crippen LogP) is 3.67. The van der Waals surface area contributed by atoms with Crippen LogP contribution >= 0.6 is 0 Å². The molecule has 1 heterocycles. The molecule has 3 aromatic rings. The number of furan rings is 1. The molecule has 0 atom stereocenters. The molecule has 0 saturated heterocycles. The number of nitrogens with two attached hydrogens (primary N) is 1. The highest BCUT2D eigenvalue weighted by molar-refractivity contribution is 5.92. The number of hydrogen-bond donors (Lipinski definition) is 2. The molecule has 0 saturated carbocycles. The minimum atomic E-state index is 0.376. The van der Waals surface area contributed by atoms with E-state index in [1.165, 1.54) is 5.56 Å². The van der Waals surface area contributed by atoms with Gasteiger partial charge in [-0.1, -0.05) is 30.3 Å². The number of aliphatic imine (C=N–C) groups is 1. The highest BCUT2D eigenvalue weighted by Gasteiger charge is 2.02. The molecule has 2 aromatic carbocycles. The van der Waals surface area contributed by atoms with Gasteiger partial charge in [0, 0.05) is 11.1 Å². The standard InChI is InChI=1S/C17H17N3O/c1-12-5-4-7-14(9-12)20-17(18)19-11-15-10-13-6-2-3-8-16(13)21-15/h2-10H,11H2,1H3,(H3,18,19,20). The summed E-state index contributed by atoms with van der Waals surface area (Å²) in [5, 5.41) is 4.15. The summed E-state index contributed by atoms with van der Waals surface area (Å²) in [6.07, 6.45) is 0. The van der Waals surface area contributed by atoms with Crippen LogP contribution in [0.3, 0.4) is 0 Å². The molecule has 0 aliphatic heterocycles. The molecule has 4 nitrogen and oxygen atoms in total. The number of fused-ring (bicyclic) bond motifs is 1. The van der Waals surface area contributed by atoms with E-state index in [2.05, 4.69) is 10.3 Å². The molecule has 0 fully saturated rings. The van der Waals surface area contributed by atoms with Crippen LogP contribution in [0.2, 0.25) is 0 Å². The second-order valence-corrected chi connectivity index (χ2v) is 4.95. The van der Waals surface area contributed by atoms with Crippen LogP contribution in [0.5, 0.6) is 0 Å². The Labute approximate surface area is 123 Å².